The lowest BCUT2D eigenvalue weighted by Gasteiger charge is -2.23. The Morgan fingerprint density at radius 1 is 0.706 bits per heavy atom. The second-order valence-electron chi connectivity index (χ2n) is 6.29. The number of nitrogens with one attached hydrogen (secondary N) is 1. The Morgan fingerprint density at radius 3 is 2.06 bits per heavy atom. The summed E-state index contributed by atoms with van der Waals surface area (Å²) in [5.41, 5.74) is 0. The van der Waals surface area contributed by atoms with Gasteiger partial charge >= 0.3 is 0 Å². The minimum atomic E-state index is 0.860. The van der Waals surface area contributed by atoms with Crippen molar-refractivity contribution in [3.8, 4) is 0 Å². The van der Waals surface area contributed by atoms with E-state index in [1.165, 1.54) is 90.0 Å². The molecule has 0 aliphatic heterocycles. The van der Waals surface area contributed by atoms with Crippen LogP contribution in [0.5, 0.6) is 0 Å². The Kier molecular flexibility index (Phi) is 6.41. The van der Waals surface area contributed by atoms with Crippen LogP contribution in [0.4, 0.5) is 0 Å². The van der Waals surface area contributed by atoms with Crippen molar-refractivity contribution in [2.24, 2.45) is 5.92 Å². The van der Waals surface area contributed by atoms with Gasteiger partial charge in [-0.25, -0.2) is 0 Å². The Balaban J connectivity index is 1.42. The van der Waals surface area contributed by atoms with E-state index in [9.17, 15) is 0 Å². The predicted octanol–water partition coefficient (Wildman–Crippen LogP) is 4.66. The third kappa shape index (κ3) is 5.42. The summed E-state index contributed by atoms with van der Waals surface area (Å²) < 4.78 is 0. The van der Waals surface area contributed by atoms with E-state index in [-0.39, 0.29) is 0 Å². The molecule has 0 aromatic carbocycles. The number of hydrogen-bond acceptors (Lipinski definition) is 1. The van der Waals surface area contributed by atoms with Crippen molar-refractivity contribution in [2.75, 3.05) is 6.54 Å². The molecule has 2 aliphatic carbocycles. The second-order valence-corrected chi connectivity index (χ2v) is 6.29. The molecular formula is C16H31N. The lowest BCUT2D eigenvalue weighted by Crippen LogP contribution is -2.31. The van der Waals surface area contributed by atoms with Crippen LogP contribution in [0.25, 0.3) is 0 Å². The van der Waals surface area contributed by atoms with Gasteiger partial charge in [-0.15, -0.1) is 0 Å². The average Bonchev–Trinajstić information content (AvgIpc) is 2.41. The molecule has 1 nitrogen and oxygen atoms in total. The lowest BCUT2D eigenvalue weighted by atomic mass is 9.86. The van der Waals surface area contributed by atoms with Gasteiger partial charge in [-0.05, 0) is 31.7 Å². The molecule has 0 aromatic rings. The molecule has 0 aromatic heterocycles. The Bertz CT molecular complexity index is 158. The zero-order chi connectivity index (χ0) is 11.8. The molecule has 0 amide bonds. The fourth-order valence-corrected chi connectivity index (χ4v) is 3.65. The maximum atomic E-state index is 3.76. The molecule has 1 heteroatoms. The fourth-order valence-electron chi connectivity index (χ4n) is 3.65. The van der Waals surface area contributed by atoms with Gasteiger partial charge < -0.3 is 5.32 Å². The Labute approximate surface area is 108 Å². The Hall–Kier alpha value is -0.0400. The van der Waals surface area contributed by atoms with Crippen LogP contribution in [0.2, 0.25) is 0 Å². The van der Waals surface area contributed by atoms with Crippen molar-refractivity contribution >= 4 is 0 Å². The van der Waals surface area contributed by atoms with Gasteiger partial charge in [0.25, 0.3) is 0 Å². The zero-order valence-corrected chi connectivity index (χ0v) is 11.6. The number of rotatable bonds is 6. The smallest absolute Gasteiger partial charge is 0.00670 e. The molecule has 0 bridgehead atoms. The van der Waals surface area contributed by atoms with Crippen LogP contribution in [0.3, 0.4) is 0 Å². The average molecular weight is 237 g/mol. The van der Waals surface area contributed by atoms with Crippen LogP contribution in [-0.2, 0) is 0 Å². The molecule has 17 heavy (non-hydrogen) atoms. The van der Waals surface area contributed by atoms with Crippen LogP contribution >= 0.6 is 0 Å². The summed E-state index contributed by atoms with van der Waals surface area (Å²) >= 11 is 0. The highest BCUT2D eigenvalue weighted by Gasteiger charge is 2.13. The maximum Gasteiger partial charge on any atom is 0.00670 e. The van der Waals surface area contributed by atoms with E-state index in [0.717, 1.165) is 12.0 Å². The third-order valence-corrected chi connectivity index (χ3v) is 4.80. The molecule has 0 atom stereocenters. The molecule has 2 fully saturated rings. The zero-order valence-electron chi connectivity index (χ0n) is 11.6. The largest absolute Gasteiger partial charge is 0.314 e. The molecule has 2 rings (SSSR count). The molecule has 0 unspecified atom stereocenters. The molecule has 2 saturated carbocycles. The van der Waals surface area contributed by atoms with Gasteiger partial charge in [0, 0.05) is 6.04 Å². The molecule has 2 aliphatic rings. The summed E-state index contributed by atoms with van der Waals surface area (Å²) in [5, 5.41) is 3.76. The molecule has 0 spiro atoms. The fraction of sp³-hybridized carbons (Fsp3) is 1.00. The highest BCUT2D eigenvalue weighted by Crippen LogP contribution is 2.27. The van der Waals surface area contributed by atoms with E-state index >= 15 is 0 Å². The summed E-state index contributed by atoms with van der Waals surface area (Å²) in [6.45, 7) is 1.28. The summed E-state index contributed by atoms with van der Waals surface area (Å²) in [5.74, 6) is 1.08. The lowest BCUT2D eigenvalue weighted by molar-refractivity contribution is 0.323. The maximum absolute atomic E-state index is 3.76. The molecule has 0 heterocycles. The van der Waals surface area contributed by atoms with Crippen molar-refractivity contribution in [2.45, 2.75) is 89.5 Å². The van der Waals surface area contributed by atoms with Gasteiger partial charge in [-0.3, -0.25) is 0 Å². The van der Waals surface area contributed by atoms with Crippen LogP contribution in [-0.4, -0.2) is 12.6 Å². The predicted molar refractivity (Wildman–Crippen MR) is 75.3 cm³/mol. The first-order valence-corrected chi connectivity index (χ1v) is 8.18. The van der Waals surface area contributed by atoms with Gasteiger partial charge in [-0.1, -0.05) is 64.2 Å². The van der Waals surface area contributed by atoms with E-state index in [1.54, 1.807) is 0 Å². The van der Waals surface area contributed by atoms with Gasteiger partial charge in [-0.2, -0.15) is 0 Å². The van der Waals surface area contributed by atoms with Gasteiger partial charge in [0.05, 0.1) is 0 Å². The van der Waals surface area contributed by atoms with Crippen LogP contribution in [0, 0.1) is 5.92 Å². The summed E-state index contributed by atoms with van der Waals surface area (Å²) in [4.78, 5) is 0. The monoisotopic (exact) mass is 237 g/mol. The molecule has 1 N–H and O–H groups in total. The Morgan fingerprint density at radius 2 is 1.35 bits per heavy atom. The normalized spacial score (nSPS) is 24.0. The van der Waals surface area contributed by atoms with Gasteiger partial charge in [0.2, 0.25) is 0 Å². The van der Waals surface area contributed by atoms with E-state index in [1.807, 2.05) is 0 Å². The SMILES string of the molecule is C1CCC(CCCCNC2CCCCC2)CC1. The highest BCUT2D eigenvalue weighted by molar-refractivity contribution is 4.72. The first-order chi connectivity index (χ1) is 8.45. The van der Waals surface area contributed by atoms with Crippen molar-refractivity contribution < 1.29 is 0 Å². The number of hydrogen-bond donors (Lipinski definition) is 1. The molecule has 100 valence electrons. The van der Waals surface area contributed by atoms with Crippen LogP contribution in [0.15, 0.2) is 0 Å². The molecular weight excluding hydrogens is 206 g/mol. The van der Waals surface area contributed by atoms with Crippen molar-refractivity contribution in [1.82, 2.24) is 5.32 Å². The summed E-state index contributed by atoms with van der Waals surface area (Å²) in [6.07, 6.45) is 19.2. The first kappa shape index (κ1) is 13.4. The summed E-state index contributed by atoms with van der Waals surface area (Å²) in [6, 6.07) is 0.860. The van der Waals surface area contributed by atoms with Gasteiger partial charge in [0.1, 0.15) is 0 Å². The number of unbranched alkanes of at least 4 members (excludes halogenated alkanes) is 1. The quantitative estimate of drug-likeness (QED) is 0.663. The van der Waals surface area contributed by atoms with Crippen molar-refractivity contribution in [3.63, 3.8) is 0 Å². The van der Waals surface area contributed by atoms with E-state index in [4.69, 9.17) is 0 Å². The summed E-state index contributed by atoms with van der Waals surface area (Å²) in [7, 11) is 0. The minimum Gasteiger partial charge on any atom is -0.314 e. The van der Waals surface area contributed by atoms with E-state index in [2.05, 4.69) is 5.32 Å². The van der Waals surface area contributed by atoms with Crippen LogP contribution < -0.4 is 5.32 Å². The second kappa shape index (κ2) is 8.13. The van der Waals surface area contributed by atoms with Gasteiger partial charge in [0.15, 0.2) is 0 Å². The van der Waals surface area contributed by atoms with Crippen molar-refractivity contribution in [1.29, 1.82) is 0 Å². The molecule has 0 radical (unpaired) electrons. The minimum absolute atomic E-state index is 0.860. The first-order valence-electron chi connectivity index (χ1n) is 8.18. The third-order valence-electron chi connectivity index (χ3n) is 4.80. The standard InChI is InChI=1S/C16H31N/c1-3-9-15(10-4-1)11-7-8-14-17-16-12-5-2-6-13-16/h15-17H,1-14H2. The van der Waals surface area contributed by atoms with Crippen LogP contribution in [0.1, 0.15) is 83.5 Å². The molecule has 0 saturated heterocycles. The van der Waals surface area contributed by atoms with E-state index in [0.29, 0.717) is 0 Å². The van der Waals surface area contributed by atoms with Crippen molar-refractivity contribution in [3.05, 3.63) is 0 Å². The van der Waals surface area contributed by atoms with E-state index < -0.39 is 0 Å². The highest BCUT2D eigenvalue weighted by atomic mass is 14.9. The topological polar surface area (TPSA) is 12.0 Å².